The molecule has 0 saturated heterocycles. The number of halogens is 1. The van der Waals surface area contributed by atoms with Crippen molar-refractivity contribution in [2.45, 2.75) is 13.5 Å². The Bertz CT molecular complexity index is 898. The zero-order valence-corrected chi connectivity index (χ0v) is 15.0. The minimum atomic E-state index is -0.425. The lowest BCUT2D eigenvalue weighted by molar-refractivity contribution is 0.261. The molecule has 0 aliphatic carbocycles. The number of carbonyl (C=O) groups is 1. The van der Waals surface area contributed by atoms with E-state index in [0.29, 0.717) is 28.9 Å². The lowest BCUT2D eigenvalue weighted by Crippen LogP contribution is -2.20. The van der Waals surface area contributed by atoms with Gasteiger partial charge in [-0.1, -0.05) is 47.5 Å². The van der Waals surface area contributed by atoms with Crippen LogP contribution in [0.2, 0.25) is 5.02 Å². The van der Waals surface area contributed by atoms with Crippen LogP contribution in [0.25, 0.3) is 0 Å². The summed E-state index contributed by atoms with van der Waals surface area (Å²) in [5.41, 5.74) is 2.82. The Kier molecular flexibility index (Phi) is 5.71. The maximum atomic E-state index is 12.2. The van der Waals surface area contributed by atoms with Gasteiger partial charge in [-0.2, -0.15) is 0 Å². The Morgan fingerprint density at radius 3 is 2.65 bits per heavy atom. The molecule has 132 valence electrons. The zero-order chi connectivity index (χ0) is 18.4. The minimum Gasteiger partial charge on any atom is -0.485 e. The van der Waals surface area contributed by atoms with Gasteiger partial charge < -0.3 is 10.1 Å². The first-order valence-corrected chi connectivity index (χ1v) is 8.45. The van der Waals surface area contributed by atoms with Gasteiger partial charge in [-0.25, -0.2) is 9.78 Å². The summed E-state index contributed by atoms with van der Waals surface area (Å²) in [5.74, 6) is 0.841. The molecule has 6 heteroatoms. The first-order valence-electron chi connectivity index (χ1n) is 8.07. The van der Waals surface area contributed by atoms with Gasteiger partial charge in [0.05, 0.1) is 0 Å². The lowest BCUT2D eigenvalue weighted by atomic mass is 10.2. The predicted octanol–water partition coefficient (Wildman–Crippen LogP) is 5.27. The van der Waals surface area contributed by atoms with E-state index in [9.17, 15) is 4.79 Å². The second kappa shape index (κ2) is 8.36. The topological polar surface area (TPSA) is 63.2 Å². The fraction of sp³-hybridized carbons (Fsp3) is 0.100. The number of benzene rings is 2. The van der Waals surface area contributed by atoms with Crippen LogP contribution >= 0.6 is 11.6 Å². The van der Waals surface area contributed by atoms with Crippen molar-refractivity contribution in [2.75, 3.05) is 10.6 Å². The Morgan fingerprint density at radius 1 is 1.08 bits per heavy atom. The molecular weight excluding hydrogens is 350 g/mol. The molecule has 0 atom stereocenters. The van der Waals surface area contributed by atoms with Gasteiger partial charge >= 0.3 is 6.03 Å². The van der Waals surface area contributed by atoms with E-state index in [2.05, 4.69) is 15.6 Å². The monoisotopic (exact) mass is 367 g/mol. The van der Waals surface area contributed by atoms with Crippen molar-refractivity contribution in [3.63, 3.8) is 0 Å². The molecule has 1 aromatic heterocycles. The summed E-state index contributed by atoms with van der Waals surface area (Å²) in [6, 6.07) is 18.1. The number of anilines is 2. The van der Waals surface area contributed by atoms with Gasteiger partial charge in [0, 0.05) is 16.9 Å². The molecule has 2 N–H and O–H groups in total. The third-order valence-electron chi connectivity index (χ3n) is 3.60. The number of hydrogen-bond acceptors (Lipinski definition) is 3. The van der Waals surface area contributed by atoms with Crippen molar-refractivity contribution in [3.05, 3.63) is 83.0 Å². The van der Waals surface area contributed by atoms with Crippen molar-refractivity contribution in [1.82, 2.24) is 4.98 Å². The number of pyridine rings is 1. The molecule has 0 aliphatic heterocycles. The maximum Gasteiger partial charge on any atom is 0.324 e. The Morgan fingerprint density at radius 2 is 1.88 bits per heavy atom. The standard InChI is InChI=1S/C20H18ClN3O2/c1-14-7-9-15(10-8-14)13-26-18-6-3-11-22-19(18)24-20(25)23-17-5-2-4-16(21)12-17/h2-12H,13H2,1H3,(H2,22,23,24,25). The van der Waals surface area contributed by atoms with Crippen LogP contribution in [-0.2, 0) is 6.61 Å². The highest BCUT2D eigenvalue weighted by molar-refractivity contribution is 6.30. The number of carbonyl (C=O) groups excluding carboxylic acids is 1. The van der Waals surface area contributed by atoms with Gasteiger partial charge in [-0.15, -0.1) is 0 Å². The van der Waals surface area contributed by atoms with E-state index in [0.717, 1.165) is 5.56 Å². The van der Waals surface area contributed by atoms with Crippen LogP contribution in [0.15, 0.2) is 66.9 Å². The first-order chi connectivity index (χ1) is 12.6. The molecular formula is C20H18ClN3O2. The van der Waals surface area contributed by atoms with E-state index in [-0.39, 0.29) is 0 Å². The molecule has 0 bridgehead atoms. The number of nitrogens with one attached hydrogen (secondary N) is 2. The molecule has 1 heterocycles. The molecule has 0 spiro atoms. The molecule has 0 fully saturated rings. The summed E-state index contributed by atoms with van der Waals surface area (Å²) >= 11 is 5.92. The van der Waals surface area contributed by atoms with E-state index in [1.54, 1.807) is 42.6 Å². The molecule has 0 saturated carbocycles. The van der Waals surface area contributed by atoms with Crippen molar-refractivity contribution in [1.29, 1.82) is 0 Å². The molecule has 2 amide bonds. The highest BCUT2D eigenvalue weighted by Gasteiger charge is 2.09. The van der Waals surface area contributed by atoms with E-state index in [1.165, 1.54) is 5.56 Å². The number of nitrogens with zero attached hydrogens (tertiary/aromatic N) is 1. The van der Waals surface area contributed by atoms with Crippen LogP contribution in [-0.4, -0.2) is 11.0 Å². The van der Waals surface area contributed by atoms with Crippen molar-refractivity contribution in [2.24, 2.45) is 0 Å². The minimum absolute atomic E-state index is 0.346. The maximum absolute atomic E-state index is 12.2. The molecule has 3 rings (SSSR count). The van der Waals surface area contributed by atoms with Crippen molar-refractivity contribution < 1.29 is 9.53 Å². The largest absolute Gasteiger partial charge is 0.485 e. The SMILES string of the molecule is Cc1ccc(COc2cccnc2NC(=O)Nc2cccc(Cl)c2)cc1. The van der Waals surface area contributed by atoms with E-state index in [1.807, 2.05) is 31.2 Å². The fourth-order valence-electron chi connectivity index (χ4n) is 2.28. The molecule has 0 radical (unpaired) electrons. The number of urea groups is 1. The number of amides is 2. The Balaban J connectivity index is 1.64. The Hall–Kier alpha value is -3.05. The molecule has 3 aromatic rings. The second-order valence-corrected chi connectivity index (χ2v) is 6.15. The molecule has 2 aromatic carbocycles. The summed E-state index contributed by atoms with van der Waals surface area (Å²) < 4.78 is 5.81. The van der Waals surface area contributed by atoms with Gasteiger partial charge in [0.2, 0.25) is 0 Å². The lowest BCUT2D eigenvalue weighted by Gasteiger charge is -2.12. The third kappa shape index (κ3) is 4.97. The molecule has 26 heavy (non-hydrogen) atoms. The average molecular weight is 368 g/mol. The normalized spacial score (nSPS) is 10.2. The van der Waals surface area contributed by atoms with Gasteiger partial charge in [-0.3, -0.25) is 5.32 Å². The summed E-state index contributed by atoms with van der Waals surface area (Å²) in [5, 5.41) is 5.95. The van der Waals surface area contributed by atoms with E-state index >= 15 is 0 Å². The predicted molar refractivity (Wildman–Crippen MR) is 104 cm³/mol. The highest BCUT2D eigenvalue weighted by Crippen LogP contribution is 2.23. The molecule has 5 nitrogen and oxygen atoms in total. The van der Waals surface area contributed by atoms with Crippen LogP contribution in [0.4, 0.5) is 16.3 Å². The quantitative estimate of drug-likeness (QED) is 0.646. The summed E-state index contributed by atoms with van der Waals surface area (Å²) in [4.78, 5) is 16.4. The summed E-state index contributed by atoms with van der Waals surface area (Å²) in [6.07, 6.45) is 1.59. The van der Waals surface area contributed by atoms with Gasteiger partial charge in [-0.05, 0) is 42.8 Å². The number of ether oxygens (including phenoxy) is 1. The second-order valence-electron chi connectivity index (χ2n) is 5.71. The number of hydrogen-bond donors (Lipinski definition) is 2. The number of aryl methyl sites for hydroxylation is 1. The molecule has 0 aliphatic rings. The summed E-state index contributed by atoms with van der Waals surface area (Å²) in [6.45, 7) is 2.42. The zero-order valence-electron chi connectivity index (χ0n) is 14.2. The smallest absolute Gasteiger partial charge is 0.324 e. The summed E-state index contributed by atoms with van der Waals surface area (Å²) in [7, 11) is 0. The van der Waals surface area contributed by atoms with Crippen molar-refractivity contribution in [3.8, 4) is 5.75 Å². The van der Waals surface area contributed by atoms with Gasteiger partial charge in [0.1, 0.15) is 6.61 Å². The highest BCUT2D eigenvalue weighted by atomic mass is 35.5. The van der Waals surface area contributed by atoms with Gasteiger partial charge in [0.15, 0.2) is 11.6 Å². The average Bonchev–Trinajstić information content (AvgIpc) is 2.62. The Labute approximate surface area is 157 Å². The first kappa shape index (κ1) is 17.8. The fourth-order valence-corrected chi connectivity index (χ4v) is 2.47. The number of rotatable bonds is 5. The van der Waals surface area contributed by atoms with Crippen LogP contribution in [0.3, 0.4) is 0 Å². The van der Waals surface area contributed by atoms with Crippen LogP contribution < -0.4 is 15.4 Å². The molecule has 0 unspecified atom stereocenters. The van der Waals surface area contributed by atoms with E-state index in [4.69, 9.17) is 16.3 Å². The van der Waals surface area contributed by atoms with Crippen LogP contribution in [0, 0.1) is 6.92 Å². The van der Waals surface area contributed by atoms with Crippen LogP contribution in [0.5, 0.6) is 5.75 Å². The third-order valence-corrected chi connectivity index (χ3v) is 3.84. The van der Waals surface area contributed by atoms with Crippen molar-refractivity contribution >= 4 is 29.1 Å². The van der Waals surface area contributed by atoms with Crippen LogP contribution in [0.1, 0.15) is 11.1 Å². The number of aromatic nitrogens is 1. The van der Waals surface area contributed by atoms with E-state index < -0.39 is 6.03 Å². The van der Waals surface area contributed by atoms with Gasteiger partial charge in [0.25, 0.3) is 0 Å².